The number of piperidine rings is 1. The molecule has 0 N–H and O–H groups in total. The van der Waals surface area contributed by atoms with Gasteiger partial charge in [0.15, 0.2) is 0 Å². The van der Waals surface area contributed by atoms with E-state index in [0.717, 1.165) is 12.8 Å². The highest BCUT2D eigenvalue weighted by Gasteiger charge is 2.38. The molecule has 1 aromatic carbocycles. The van der Waals surface area contributed by atoms with E-state index in [2.05, 4.69) is 15.9 Å². The number of nitrogens with zero attached hydrogens (tertiary/aromatic N) is 1. The van der Waals surface area contributed by atoms with Crippen LogP contribution in [-0.4, -0.2) is 38.4 Å². The lowest BCUT2D eigenvalue weighted by Crippen LogP contribution is -2.48. The van der Waals surface area contributed by atoms with Gasteiger partial charge in [-0.05, 0) is 53.4 Å². The van der Waals surface area contributed by atoms with E-state index in [-0.39, 0.29) is 4.90 Å². The Morgan fingerprint density at radius 3 is 2.76 bits per heavy atom. The molecule has 0 amide bonds. The fourth-order valence-corrected chi connectivity index (χ4v) is 4.66. The van der Waals surface area contributed by atoms with E-state index >= 15 is 0 Å². The van der Waals surface area contributed by atoms with Gasteiger partial charge in [0.25, 0.3) is 0 Å². The van der Waals surface area contributed by atoms with Gasteiger partial charge in [-0.25, -0.2) is 8.42 Å². The molecule has 1 aliphatic heterocycles. The van der Waals surface area contributed by atoms with Crippen molar-refractivity contribution in [3.8, 4) is 0 Å². The van der Waals surface area contributed by atoms with Gasteiger partial charge in [0.1, 0.15) is 6.04 Å². The maximum absolute atomic E-state index is 12.7. The van der Waals surface area contributed by atoms with Crippen molar-refractivity contribution in [1.29, 1.82) is 0 Å². The topological polar surface area (TPSA) is 63.7 Å². The van der Waals surface area contributed by atoms with Gasteiger partial charge in [0.05, 0.1) is 17.0 Å². The molecule has 0 aliphatic carbocycles. The molecule has 5 nitrogen and oxygen atoms in total. The first-order valence-corrected chi connectivity index (χ1v) is 9.03. The third-order valence-electron chi connectivity index (χ3n) is 3.42. The lowest BCUT2D eigenvalue weighted by molar-refractivity contribution is -0.146. The van der Waals surface area contributed by atoms with E-state index in [1.807, 2.05) is 0 Å². The van der Waals surface area contributed by atoms with Crippen LogP contribution in [-0.2, 0) is 19.6 Å². The number of ether oxygens (including phenoxy) is 1. The minimum Gasteiger partial charge on any atom is -0.468 e. The second-order valence-corrected chi connectivity index (χ2v) is 7.88. The monoisotopic (exact) mass is 395 g/mol. The van der Waals surface area contributed by atoms with Crippen LogP contribution in [0.15, 0.2) is 27.6 Å². The first-order chi connectivity index (χ1) is 9.87. The zero-order chi connectivity index (χ0) is 15.6. The van der Waals surface area contributed by atoms with Gasteiger partial charge in [-0.2, -0.15) is 4.31 Å². The standard InChI is InChI=1S/C13H15BrClNO4S/c1-20-13(17)12-4-2-3-7-16(12)21(18,19)9-5-6-11(15)10(14)8-9/h5-6,8,12H,2-4,7H2,1H3. The van der Waals surface area contributed by atoms with Crippen LogP contribution < -0.4 is 0 Å². The summed E-state index contributed by atoms with van der Waals surface area (Å²) in [4.78, 5) is 11.9. The second-order valence-electron chi connectivity index (χ2n) is 4.73. The van der Waals surface area contributed by atoms with E-state index in [0.29, 0.717) is 22.5 Å². The quantitative estimate of drug-likeness (QED) is 0.737. The van der Waals surface area contributed by atoms with Gasteiger partial charge in [0, 0.05) is 11.0 Å². The molecule has 1 heterocycles. The summed E-state index contributed by atoms with van der Waals surface area (Å²) in [5.74, 6) is -0.522. The fourth-order valence-electron chi connectivity index (χ4n) is 2.34. The lowest BCUT2D eigenvalue weighted by Gasteiger charge is -2.32. The predicted molar refractivity (Wildman–Crippen MR) is 82.7 cm³/mol. The molecule has 1 atom stereocenters. The Kier molecular flexibility index (Phi) is 5.29. The summed E-state index contributed by atoms with van der Waals surface area (Å²) in [6.07, 6.45) is 2.00. The van der Waals surface area contributed by atoms with Crippen LogP contribution in [0.2, 0.25) is 5.02 Å². The minimum atomic E-state index is -3.76. The molecule has 21 heavy (non-hydrogen) atoms. The molecule has 0 aromatic heterocycles. The van der Waals surface area contributed by atoms with Crippen molar-refractivity contribution in [1.82, 2.24) is 4.31 Å². The van der Waals surface area contributed by atoms with E-state index in [1.54, 1.807) is 0 Å². The maximum atomic E-state index is 12.7. The highest BCUT2D eigenvalue weighted by molar-refractivity contribution is 9.10. The Bertz CT molecular complexity index is 650. The summed E-state index contributed by atoms with van der Waals surface area (Å²) in [6, 6.07) is 3.63. The van der Waals surface area contributed by atoms with E-state index in [4.69, 9.17) is 16.3 Å². The smallest absolute Gasteiger partial charge is 0.324 e. The first kappa shape index (κ1) is 16.7. The lowest BCUT2D eigenvalue weighted by atomic mass is 10.1. The normalized spacial score (nSPS) is 20.2. The van der Waals surface area contributed by atoms with Crippen LogP contribution in [0.3, 0.4) is 0 Å². The third kappa shape index (κ3) is 3.41. The van der Waals surface area contributed by atoms with Crippen molar-refractivity contribution in [2.24, 2.45) is 0 Å². The number of esters is 1. The number of benzene rings is 1. The molecule has 116 valence electrons. The number of rotatable bonds is 3. The predicted octanol–water partition coefficient (Wildman–Crippen LogP) is 2.82. The molecular weight excluding hydrogens is 382 g/mol. The van der Waals surface area contributed by atoms with Gasteiger partial charge in [-0.15, -0.1) is 0 Å². The summed E-state index contributed by atoms with van der Waals surface area (Å²) in [5.41, 5.74) is 0. The molecule has 0 spiro atoms. The zero-order valence-corrected chi connectivity index (χ0v) is 14.5. The molecule has 2 rings (SSSR count). The Balaban J connectivity index is 2.40. The highest BCUT2D eigenvalue weighted by Crippen LogP contribution is 2.30. The van der Waals surface area contributed by atoms with E-state index < -0.39 is 22.0 Å². The number of hydrogen-bond acceptors (Lipinski definition) is 4. The summed E-state index contributed by atoms with van der Waals surface area (Å²) in [5, 5.41) is 0.428. The van der Waals surface area contributed by atoms with Gasteiger partial charge >= 0.3 is 5.97 Å². The molecule has 0 radical (unpaired) electrons. The molecule has 1 aromatic rings. The summed E-state index contributed by atoms with van der Waals surface area (Å²) in [6.45, 7) is 0.308. The molecule has 1 saturated heterocycles. The van der Waals surface area contributed by atoms with Crippen molar-refractivity contribution in [3.63, 3.8) is 0 Å². The molecule has 8 heteroatoms. The Labute approximate surface area is 137 Å². The van der Waals surface area contributed by atoms with Gasteiger partial charge in [0.2, 0.25) is 10.0 Å². The van der Waals surface area contributed by atoms with Crippen LogP contribution in [0, 0.1) is 0 Å². The van der Waals surface area contributed by atoms with Crippen molar-refractivity contribution in [2.45, 2.75) is 30.2 Å². The van der Waals surface area contributed by atoms with Gasteiger partial charge < -0.3 is 4.74 Å². The van der Waals surface area contributed by atoms with E-state index in [9.17, 15) is 13.2 Å². The van der Waals surface area contributed by atoms with Crippen LogP contribution in [0.5, 0.6) is 0 Å². The van der Waals surface area contributed by atoms with Crippen LogP contribution in [0.4, 0.5) is 0 Å². The van der Waals surface area contributed by atoms with Crippen LogP contribution >= 0.6 is 27.5 Å². The van der Waals surface area contributed by atoms with Gasteiger partial charge in [-0.3, -0.25) is 4.79 Å². The molecule has 1 unspecified atom stereocenters. The molecular formula is C13H15BrClNO4S. The number of halogens is 2. The number of sulfonamides is 1. The number of carbonyl (C=O) groups is 1. The van der Waals surface area contributed by atoms with Crippen molar-refractivity contribution < 1.29 is 17.9 Å². The van der Waals surface area contributed by atoms with E-state index in [1.165, 1.54) is 29.6 Å². The zero-order valence-electron chi connectivity index (χ0n) is 11.4. The van der Waals surface area contributed by atoms with Crippen molar-refractivity contribution in [3.05, 3.63) is 27.7 Å². The third-order valence-corrected chi connectivity index (χ3v) is 6.54. The Morgan fingerprint density at radius 1 is 1.43 bits per heavy atom. The van der Waals surface area contributed by atoms with Crippen molar-refractivity contribution in [2.75, 3.05) is 13.7 Å². The largest absolute Gasteiger partial charge is 0.468 e. The summed E-state index contributed by atoms with van der Waals surface area (Å²) >= 11 is 9.10. The second kappa shape index (κ2) is 6.64. The number of carbonyl (C=O) groups excluding carboxylic acids is 1. The maximum Gasteiger partial charge on any atom is 0.324 e. The van der Waals surface area contributed by atoms with Crippen LogP contribution in [0.1, 0.15) is 19.3 Å². The van der Waals surface area contributed by atoms with Gasteiger partial charge in [-0.1, -0.05) is 11.6 Å². The molecule has 1 aliphatic rings. The number of methoxy groups -OCH3 is 1. The number of hydrogen-bond donors (Lipinski definition) is 0. The Morgan fingerprint density at radius 2 is 2.14 bits per heavy atom. The van der Waals surface area contributed by atoms with Crippen molar-refractivity contribution >= 4 is 43.5 Å². The molecule has 0 saturated carbocycles. The first-order valence-electron chi connectivity index (χ1n) is 6.42. The average molecular weight is 397 g/mol. The fraction of sp³-hybridized carbons (Fsp3) is 0.462. The minimum absolute atomic E-state index is 0.106. The Hall–Kier alpha value is -0.630. The summed E-state index contributed by atoms with van der Waals surface area (Å²) in [7, 11) is -2.50. The SMILES string of the molecule is COC(=O)C1CCCCN1S(=O)(=O)c1ccc(Cl)c(Br)c1. The average Bonchev–Trinajstić information content (AvgIpc) is 2.49. The molecule has 0 bridgehead atoms. The molecule has 1 fully saturated rings. The summed E-state index contributed by atoms with van der Waals surface area (Å²) < 4.78 is 31.9. The van der Waals surface area contributed by atoms with Crippen LogP contribution in [0.25, 0.3) is 0 Å². The highest BCUT2D eigenvalue weighted by atomic mass is 79.9.